The molecule has 0 aliphatic heterocycles. The summed E-state index contributed by atoms with van der Waals surface area (Å²) in [5.74, 6) is 0. The molecule has 2 heteroatoms. The maximum Gasteiger partial charge on any atom is 0.0685 e. The quantitative estimate of drug-likeness (QED) is 0.733. The van der Waals surface area contributed by atoms with Gasteiger partial charge in [-0.2, -0.15) is 0 Å². The Balaban J connectivity index is 2.92. The number of aliphatic hydroxyl groups is 2. The molecule has 1 aromatic carbocycles. The van der Waals surface area contributed by atoms with Crippen molar-refractivity contribution in [3.63, 3.8) is 0 Å². The molecule has 0 spiro atoms. The first kappa shape index (κ1) is 9.96. The second-order valence-electron chi connectivity index (χ2n) is 2.94. The van der Waals surface area contributed by atoms with Crippen molar-refractivity contribution in [1.82, 2.24) is 0 Å². The number of aryl methyl sites for hydroxylation is 1. The van der Waals surface area contributed by atoms with Gasteiger partial charge in [0.05, 0.1) is 13.2 Å². The minimum atomic E-state index is -0.0381. The van der Waals surface area contributed by atoms with Crippen molar-refractivity contribution in [2.45, 2.75) is 6.92 Å². The number of aliphatic hydroxyl groups excluding tert-OH is 2. The lowest BCUT2D eigenvalue weighted by atomic mass is 10.1. The zero-order valence-corrected chi connectivity index (χ0v) is 7.70. The Morgan fingerprint density at radius 3 is 2.31 bits per heavy atom. The summed E-state index contributed by atoms with van der Waals surface area (Å²) in [5, 5.41) is 17.7. The minimum absolute atomic E-state index is 0.0379. The van der Waals surface area contributed by atoms with Gasteiger partial charge in [0.25, 0.3) is 0 Å². The van der Waals surface area contributed by atoms with Crippen molar-refractivity contribution >= 4 is 5.57 Å². The van der Waals surface area contributed by atoms with Gasteiger partial charge in [0.2, 0.25) is 0 Å². The molecule has 0 heterocycles. The monoisotopic (exact) mass is 178 g/mol. The summed E-state index contributed by atoms with van der Waals surface area (Å²) in [6.07, 6.45) is 1.62. The van der Waals surface area contributed by atoms with Crippen LogP contribution in [-0.4, -0.2) is 23.4 Å². The molecule has 0 radical (unpaired) electrons. The maximum atomic E-state index is 9.00. The minimum Gasteiger partial charge on any atom is -0.392 e. The summed E-state index contributed by atoms with van der Waals surface area (Å²) in [7, 11) is 0. The van der Waals surface area contributed by atoms with Gasteiger partial charge in [-0.3, -0.25) is 0 Å². The van der Waals surface area contributed by atoms with E-state index in [0.717, 1.165) is 11.1 Å². The Morgan fingerprint density at radius 2 is 1.85 bits per heavy atom. The van der Waals surface area contributed by atoms with Crippen LogP contribution in [-0.2, 0) is 0 Å². The van der Waals surface area contributed by atoms with Crippen molar-refractivity contribution in [3.8, 4) is 0 Å². The lowest BCUT2D eigenvalue weighted by Crippen LogP contribution is -1.92. The smallest absolute Gasteiger partial charge is 0.0685 e. The molecular formula is C11H14O2. The molecule has 0 bridgehead atoms. The lowest BCUT2D eigenvalue weighted by Gasteiger charge is -2.03. The highest BCUT2D eigenvalue weighted by atomic mass is 16.3. The standard InChI is InChI=1S/C11H14O2/c1-9-2-4-10(5-3-9)11(8-13)6-7-12/h2-6,12-13H,7-8H2,1H3/b11-6+. The fourth-order valence-corrected chi connectivity index (χ4v) is 1.15. The Morgan fingerprint density at radius 1 is 1.23 bits per heavy atom. The molecular weight excluding hydrogens is 164 g/mol. The third-order valence-corrected chi connectivity index (χ3v) is 1.93. The highest BCUT2D eigenvalue weighted by molar-refractivity contribution is 5.66. The largest absolute Gasteiger partial charge is 0.392 e. The molecule has 0 unspecified atom stereocenters. The van der Waals surface area contributed by atoms with Crippen LogP contribution >= 0.6 is 0 Å². The van der Waals surface area contributed by atoms with Crippen LogP contribution in [0.5, 0.6) is 0 Å². The Bertz CT molecular complexity index is 285. The van der Waals surface area contributed by atoms with Crippen LogP contribution in [0.4, 0.5) is 0 Å². The second kappa shape index (κ2) is 4.80. The SMILES string of the molecule is Cc1ccc(/C(=C/CO)CO)cc1. The van der Waals surface area contributed by atoms with Crippen LogP contribution in [0.1, 0.15) is 11.1 Å². The maximum absolute atomic E-state index is 9.00. The molecule has 0 aliphatic carbocycles. The molecule has 1 rings (SSSR count). The number of hydrogen-bond acceptors (Lipinski definition) is 2. The van der Waals surface area contributed by atoms with Crippen molar-refractivity contribution in [2.75, 3.05) is 13.2 Å². The normalized spacial score (nSPS) is 11.8. The second-order valence-corrected chi connectivity index (χ2v) is 2.94. The highest BCUT2D eigenvalue weighted by Gasteiger charge is 1.98. The van der Waals surface area contributed by atoms with E-state index >= 15 is 0 Å². The van der Waals surface area contributed by atoms with Gasteiger partial charge in [-0.05, 0) is 18.1 Å². The number of rotatable bonds is 3. The van der Waals surface area contributed by atoms with Crippen molar-refractivity contribution < 1.29 is 10.2 Å². The van der Waals surface area contributed by atoms with E-state index < -0.39 is 0 Å². The van der Waals surface area contributed by atoms with Crippen molar-refractivity contribution in [1.29, 1.82) is 0 Å². The summed E-state index contributed by atoms with van der Waals surface area (Å²) in [6.45, 7) is 1.94. The lowest BCUT2D eigenvalue weighted by molar-refractivity contribution is 0.334. The van der Waals surface area contributed by atoms with Gasteiger partial charge in [0, 0.05) is 0 Å². The van der Waals surface area contributed by atoms with Gasteiger partial charge >= 0.3 is 0 Å². The van der Waals surface area contributed by atoms with Gasteiger partial charge in [0.1, 0.15) is 0 Å². The van der Waals surface area contributed by atoms with E-state index in [1.165, 1.54) is 5.56 Å². The van der Waals surface area contributed by atoms with Crippen LogP contribution in [0.15, 0.2) is 30.3 Å². The van der Waals surface area contributed by atoms with E-state index in [4.69, 9.17) is 10.2 Å². The third-order valence-electron chi connectivity index (χ3n) is 1.93. The molecule has 0 aliphatic rings. The molecule has 0 saturated carbocycles. The van der Waals surface area contributed by atoms with Crippen molar-refractivity contribution in [2.24, 2.45) is 0 Å². The van der Waals surface area contributed by atoms with Gasteiger partial charge < -0.3 is 10.2 Å². The van der Waals surface area contributed by atoms with Gasteiger partial charge in [0.15, 0.2) is 0 Å². The van der Waals surface area contributed by atoms with Gasteiger partial charge in [-0.15, -0.1) is 0 Å². The van der Waals surface area contributed by atoms with E-state index in [1.807, 2.05) is 31.2 Å². The summed E-state index contributed by atoms with van der Waals surface area (Å²) in [4.78, 5) is 0. The molecule has 0 amide bonds. The van der Waals surface area contributed by atoms with Crippen LogP contribution in [0.25, 0.3) is 5.57 Å². The fourth-order valence-electron chi connectivity index (χ4n) is 1.15. The topological polar surface area (TPSA) is 40.5 Å². The summed E-state index contributed by atoms with van der Waals surface area (Å²) >= 11 is 0. The Labute approximate surface area is 78.2 Å². The predicted molar refractivity (Wildman–Crippen MR) is 53.3 cm³/mol. The van der Waals surface area contributed by atoms with Gasteiger partial charge in [-0.25, -0.2) is 0 Å². The highest BCUT2D eigenvalue weighted by Crippen LogP contribution is 2.13. The molecule has 1 aromatic rings. The Hall–Kier alpha value is -1.12. The molecule has 2 N–H and O–H groups in total. The van der Waals surface area contributed by atoms with Crippen LogP contribution in [0.3, 0.4) is 0 Å². The summed E-state index contributed by atoms with van der Waals surface area (Å²) in [6, 6.07) is 7.84. The third kappa shape index (κ3) is 2.68. The Kier molecular flexibility index (Phi) is 3.68. The average Bonchev–Trinajstić information content (AvgIpc) is 2.16. The van der Waals surface area contributed by atoms with Gasteiger partial charge in [-0.1, -0.05) is 35.9 Å². The van der Waals surface area contributed by atoms with Crippen LogP contribution in [0, 0.1) is 6.92 Å². The van der Waals surface area contributed by atoms with Crippen molar-refractivity contribution in [3.05, 3.63) is 41.5 Å². The molecule has 0 fully saturated rings. The summed E-state index contributed by atoms with van der Waals surface area (Å²) in [5.41, 5.74) is 2.91. The zero-order valence-electron chi connectivity index (χ0n) is 7.70. The van der Waals surface area contributed by atoms with E-state index in [1.54, 1.807) is 6.08 Å². The first-order chi connectivity index (χ1) is 6.27. The first-order valence-corrected chi connectivity index (χ1v) is 4.25. The molecule has 0 atom stereocenters. The molecule has 0 aromatic heterocycles. The number of hydrogen-bond donors (Lipinski definition) is 2. The first-order valence-electron chi connectivity index (χ1n) is 4.25. The average molecular weight is 178 g/mol. The fraction of sp³-hybridized carbons (Fsp3) is 0.273. The molecule has 70 valence electrons. The van der Waals surface area contributed by atoms with E-state index in [9.17, 15) is 0 Å². The van der Waals surface area contributed by atoms with E-state index in [0.29, 0.717) is 0 Å². The van der Waals surface area contributed by atoms with Crippen LogP contribution in [0.2, 0.25) is 0 Å². The number of benzene rings is 1. The van der Waals surface area contributed by atoms with Crippen LogP contribution < -0.4 is 0 Å². The van der Waals surface area contributed by atoms with E-state index in [2.05, 4.69) is 0 Å². The molecule has 2 nitrogen and oxygen atoms in total. The molecule has 0 saturated heterocycles. The molecule has 13 heavy (non-hydrogen) atoms. The summed E-state index contributed by atoms with van der Waals surface area (Å²) < 4.78 is 0. The van der Waals surface area contributed by atoms with E-state index in [-0.39, 0.29) is 13.2 Å². The zero-order chi connectivity index (χ0) is 9.68. The predicted octanol–water partition coefficient (Wildman–Crippen LogP) is 1.36.